The van der Waals surface area contributed by atoms with E-state index in [1.165, 1.54) is 12.1 Å². The van der Waals surface area contributed by atoms with E-state index in [4.69, 9.17) is 4.74 Å². The van der Waals surface area contributed by atoms with Gasteiger partial charge in [0.1, 0.15) is 11.6 Å². The predicted octanol–water partition coefficient (Wildman–Crippen LogP) is 4.10. The maximum absolute atomic E-state index is 13.2. The van der Waals surface area contributed by atoms with E-state index in [9.17, 15) is 4.39 Å². The normalized spacial score (nSPS) is 11.0. The van der Waals surface area contributed by atoms with Crippen molar-refractivity contribution < 1.29 is 9.13 Å². The summed E-state index contributed by atoms with van der Waals surface area (Å²) in [7, 11) is 1.71. The number of ether oxygens (including phenoxy) is 1. The van der Waals surface area contributed by atoms with Gasteiger partial charge in [-0.1, -0.05) is 24.3 Å². The van der Waals surface area contributed by atoms with E-state index >= 15 is 0 Å². The molecule has 136 valence electrons. The predicted molar refractivity (Wildman–Crippen MR) is 111 cm³/mol. The fourth-order valence-electron chi connectivity index (χ4n) is 2.24. The van der Waals surface area contributed by atoms with E-state index in [0.29, 0.717) is 19.0 Å². The van der Waals surface area contributed by atoms with Crippen molar-refractivity contribution in [2.24, 2.45) is 4.99 Å². The maximum atomic E-state index is 13.2. The topological polar surface area (TPSA) is 45.7 Å². The van der Waals surface area contributed by atoms with Crippen molar-refractivity contribution in [2.75, 3.05) is 7.05 Å². The second-order valence-corrected chi connectivity index (χ2v) is 5.72. The monoisotopic (exact) mass is 457 g/mol. The van der Waals surface area contributed by atoms with Crippen molar-refractivity contribution in [3.8, 4) is 5.75 Å². The van der Waals surface area contributed by atoms with E-state index in [-0.39, 0.29) is 35.9 Å². The number of nitrogens with zero attached hydrogens (tertiary/aromatic N) is 1. The summed E-state index contributed by atoms with van der Waals surface area (Å²) in [5.74, 6) is 1.28. The summed E-state index contributed by atoms with van der Waals surface area (Å²) >= 11 is 0. The Morgan fingerprint density at radius 3 is 2.20 bits per heavy atom. The van der Waals surface area contributed by atoms with Gasteiger partial charge in [-0.3, -0.25) is 4.99 Å². The summed E-state index contributed by atoms with van der Waals surface area (Å²) in [6.07, 6.45) is 0.147. The van der Waals surface area contributed by atoms with Gasteiger partial charge in [0.2, 0.25) is 0 Å². The van der Waals surface area contributed by atoms with E-state index in [1.54, 1.807) is 13.1 Å². The molecule has 0 amide bonds. The van der Waals surface area contributed by atoms with Crippen LogP contribution in [-0.2, 0) is 13.1 Å². The largest absolute Gasteiger partial charge is 0.491 e. The van der Waals surface area contributed by atoms with Crippen LogP contribution in [0.2, 0.25) is 0 Å². The Morgan fingerprint density at radius 1 is 1.04 bits per heavy atom. The third-order valence-electron chi connectivity index (χ3n) is 3.30. The van der Waals surface area contributed by atoms with Crippen LogP contribution in [0.4, 0.5) is 4.39 Å². The second kappa shape index (κ2) is 10.9. The van der Waals surface area contributed by atoms with Gasteiger partial charge in [-0.2, -0.15) is 0 Å². The number of nitrogens with one attached hydrogen (secondary N) is 2. The molecule has 4 nitrogen and oxygen atoms in total. The summed E-state index contributed by atoms with van der Waals surface area (Å²) in [6, 6.07) is 14.5. The van der Waals surface area contributed by atoms with Crippen LogP contribution >= 0.6 is 24.0 Å². The summed E-state index contributed by atoms with van der Waals surface area (Å²) in [6.45, 7) is 5.14. The van der Waals surface area contributed by atoms with Crippen LogP contribution in [0.3, 0.4) is 0 Å². The molecule has 0 aliphatic rings. The average molecular weight is 457 g/mol. The van der Waals surface area contributed by atoms with Gasteiger partial charge in [-0.15, -0.1) is 24.0 Å². The summed E-state index contributed by atoms with van der Waals surface area (Å²) in [5, 5.41) is 6.41. The molecule has 0 bridgehead atoms. The average Bonchev–Trinajstić information content (AvgIpc) is 2.55. The molecule has 25 heavy (non-hydrogen) atoms. The molecule has 0 fully saturated rings. The highest BCUT2D eigenvalue weighted by molar-refractivity contribution is 14.0. The third kappa shape index (κ3) is 7.72. The van der Waals surface area contributed by atoms with Gasteiger partial charge in [0.05, 0.1) is 6.10 Å². The quantitative estimate of drug-likeness (QED) is 0.390. The molecule has 6 heteroatoms. The Morgan fingerprint density at radius 2 is 1.64 bits per heavy atom. The van der Waals surface area contributed by atoms with Crippen LogP contribution in [-0.4, -0.2) is 19.1 Å². The lowest BCUT2D eigenvalue weighted by Gasteiger charge is -2.14. The highest BCUT2D eigenvalue weighted by Gasteiger charge is 2.02. The lowest BCUT2D eigenvalue weighted by atomic mass is 10.2. The smallest absolute Gasteiger partial charge is 0.191 e. The van der Waals surface area contributed by atoms with Crippen molar-refractivity contribution in [1.29, 1.82) is 0 Å². The minimum absolute atomic E-state index is 0. The molecule has 0 radical (unpaired) electrons. The van der Waals surface area contributed by atoms with Crippen molar-refractivity contribution in [3.63, 3.8) is 0 Å². The van der Waals surface area contributed by atoms with Crippen LogP contribution in [0.25, 0.3) is 0 Å². The molecule has 0 aromatic heterocycles. The van der Waals surface area contributed by atoms with Crippen molar-refractivity contribution >= 4 is 29.9 Å². The lowest BCUT2D eigenvalue weighted by Crippen LogP contribution is -2.36. The van der Waals surface area contributed by atoms with Gasteiger partial charge in [0, 0.05) is 20.1 Å². The highest BCUT2D eigenvalue weighted by Crippen LogP contribution is 2.14. The van der Waals surface area contributed by atoms with Crippen LogP contribution in [0.5, 0.6) is 5.75 Å². The van der Waals surface area contributed by atoms with Gasteiger partial charge in [0.15, 0.2) is 5.96 Å². The molecule has 0 saturated heterocycles. The molecular weight excluding hydrogens is 432 g/mol. The zero-order valence-corrected chi connectivity index (χ0v) is 17.1. The Bertz CT molecular complexity index is 692. The van der Waals surface area contributed by atoms with Crippen molar-refractivity contribution in [2.45, 2.75) is 33.0 Å². The SMILES string of the molecule is CN=C(NCc1cccc(F)c1)NCc1cccc(OC(C)C)c1.I. The second-order valence-electron chi connectivity index (χ2n) is 5.72. The minimum atomic E-state index is -0.237. The van der Waals surface area contributed by atoms with Gasteiger partial charge in [0.25, 0.3) is 0 Å². The number of benzene rings is 2. The zero-order chi connectivity index (χ0) is 17.4. The van der Waals surface area contributed by atoms with E-state index in [1.807, 2.05) is 44.2 Å². The molecular formula is C19H25FIN3O. The first-order valence-electron chi connectivity index (χ1n) is 8.01. The lowest BCUT2D eigenvalue weighted by molar-refractivity contribution is 0.242. The standard InChI is InChI=1S/C19H24FN3O.HI/c1-14(2)24-18-9-5-7-16(11-18)13-23-19(21-3)22-12-15-6-4-8-17(20)10-15;/h4-11,14H,12-13H2,1-3H3,(H2,21,22,23);1H. The number of hydrogen-bond acceptors (Lipinski definition) is 2. The molecule has 0 unspecified atom stereocenters. The molecule has 0 saturated carbocycles. The van der Waals surface area contributed by atoms with Crippen LogP contribution in [0.15, 0.2) is 53.5 Å². The molecule has 0 spiro atoms. The van der Waals surface area contributed by atoms with Gasteiger partial charge in [-0.05, 0) is 49.2 Å². The number of rotatable bonds is 6. The maximum Gasteiger partial charge on any atom is 0.191 e. The number of guanidine groups is 1. The summed E-state index contributed by atoms with van der Waals surface area (Å²) in [4.78, 5) is 4.18. The van der Waals surface area contributed by atoms with E-state index < -0.39 is 0 Å². The summed E-state index contributed by atoms with van der Waals surface area (Å²) < 4.78 is 18.9. The molecule has 2 aromatic carbocycles. The Hall–Kier alpha value is -1.83. The number of hydrogen-bond donors (Lipinski definition) is 2. The first-order chi connectivity index (χ1) is 11.6. The number of halogens is 2. The van der Waals surface area contributed by atoms with Gasteiger partial charge >= 0.3 is 0 Å². The third-order valence-corrected chi connectivity index (χ3v) is 3.30. The van der Waals surface area contributed by atoms with Gasteiger partial charge < -0.3 is 15.4 Å². The summed E-state index contributed by atoms with van der Waals surface area (Å²) in [5.41, 5.74) is 1.96. The molecule has 2 N–H and O–H groups in total. The van der Waals surface area contributed by atoms with Gasteiger partial charge in [-0.25, -0.2) is 4.39 Å². The zero-order valence-electron chi connectivity index (χ0n) is 14.8. The van der Waals surface area contributed by atoms with E-state index in [2.05, 4.69) is 15.6 Å². The fraction of sp³-hybridized carbons (Fsp3) is 0.316. The van der Waals surface area contributed by atoms with E-state index in [0.717, 1.165) is 16.9 Å². The van der Waals surface area contributed by atoms with Crippen molar-refractivity contribution in [3.05, 3.63) is 65.5 Å². The Balaban J connectivity index is 0.00000312. The molecule has 0 aliphatic carbocycles. The van der Waals surface area contributed by atoms with Crippen LogP contribution < -0.4 is 15.4 Å². The van der Waals surface area contributed by atoms with Crippen molar-refractivity contribution in [1.82, 2.24) is 10.6 Å². The molecule has 2 rings (SSSR count). The molecule has 0 heterocycles. The first kappa shape index (κ1) is 21.2. The fourth-order valence-corrected chi connectivity index (χ4v) is 2.24. The highest BCUT2D eigenvalue weighted by atomic mass is 127. The molecule has 0 atom stereocenters. The van der Waals surface area contributed by atoms with Crippen LogP contribution in [0, 0.1) is 5.82 Å². The minimum Gasteiger partial charge on any atom is -0.491 e. The first-order valence-corrected chi connectivity index (χ1v) is 8.01. The molecule has 0 aliphatic heterocycles. The Kier molecular flexibility index (Phi) is 9.26. The number of aliphatic imine (C=N–C) groups is 1. The van der Waals surface area contributed by atoms with Crippen LogP contribution in [0.1, 0.15) is 25.0 Å². The Labute approximate surface area is 165 Å². The molecule has 2 aromatic rings.